The fourth-order valence-corrected chi connectivity index (χ4v) is 4.29. The summed E-state index contributed by atoms with van der Waals surface area (Å²) in [5.41, 5.74) is 1.03. The lowest BCUT2D eigenvalue weighted by molar-refractivity contribution is -0.142. The van der Waals surface area contributed by atoms with Gasteiger partial charge in [-0.25, -0.2) is 9.37 Å². The van der Waals surface area contributed by atoms with Crippen molar-refractivity contribution in [2.45, 2.75) is 44.6 Å². The number of carboxylic acids is 1. The molecule has 6 nitrogen and oxygen atoms in total. The van der Waals surface area contributed by atoms with Gasteiger partial charge in [0.1, 0.15) is 5.75 Å². The molecule has 0 radical (unpaired) electrons. The molecule has 2 saturated carbocycles. The van der Waals surface area contributed by atoms with Crippen molar-refractivity contribution >= 4 is 5.97 Å². The van der Waals surface area contributed by atoms with Crippen LogP contribution in [0.2, 0.25) is 0 Å². The normalized spacial score (nSPS) is 22.2. The molecule has 0 saturated heterocycles. The van der Waals surface area contributed by atoms with E-state index in [0.717, 1.165) is 43.2 Å². The van der Waals surface area contributed by atoms with E-state index in [2.05, 4.69) is 4.98 Å². The first-order valence-corrected chi connectivity index (χ1v) is 10.8. The van der Waals surface area contributed by atoms with Gasteiger partial charge in [-0.3, -0.25) is 4.79 Å². The summed E-state index contributed by atoms with van der Waals surface area (Å²) in [6.45, 7) is 2.34. The molecule has 0 aliphatic heterocycles. The second-order valence-corrected chi connectivity index (χ2v) is 8.61. The maximum atomic E-state index is 13.9. The molecule has 1 N–H and O–H groups in total. The molecule has 1 heterocycles. The van der Waals surface area contributed by atoms with E-state index >= 15 is 0 Å². The summed E-state index contributed by atoms with van der Waals surface area (Å²) in [6.07, 6.45) is 4.77. The van der Waals surface area contributed by atoms with Gasteiger partial charge in [0.15, 0.2) is 11.6 Å². The lowest BCUT2D eigenvalue weighted by Crippen LogP contribution is -2.37. The van der Waals surface area contributed by atoms with Crippen LogP contribution in [0.3, 0.4) is 0 Å². The number of hydrogen-bond donors (Lipinski definition) is 1. The first-order valence-electron chi connectivity index (χ1n) is 10.8. The average Bonchev–Trinajstić information content (AvgIpc) is 3.56. The molecular formula is C24H28FNO5. The molecule has 2 fully saturated rings. The number of carbonyl (C=O) groups is 1. The minimum absolute atomic E-state index is 0.0229. The average molecular weight is 429 g/mol. The van der Waals surface area contributed by atoms with Crippen LogP contribution in [0.15, 0.2) is 36.5 Å². The maximum Gasteiger partial charge on any atom is 0.306 e. The molecule has 1 aromatic heterocycles. The van der Waals surface area contributed by atoms with E-state index < -0.39 is 17.7 Å². The molecule has 7 heteroatoms. The maximum absolute atomic E-state index is 13.9. The van der Waals surface area contributed by atoms with E-state index in [-0.39, 0.29) is 17.8 Å². The number of carboxylic acid groups (broad SMARTS) is 1. The Hall–Kier alpha value is -2.83. The number of ether oxygens (including phenoxy) is 3. The number of aromatic nitrogens is 1. The van der Waals surface area contributed by atoms with Crippen molar-refractivity contribution in [3.63, 3.8) is 0 Å². The van der Waals surface area contributed by atoms with Crippen LogP contribution >= 0.6 is 0 Å². The molecule has 2 aliphatic rings. The number of pyridine rings is 1. The van der Waals surface area contributed by atoms with Gasteiger partial charge < -0.3 is 19.3 Å². The van der Waals surface area contributed by atoms with E-state index in [9.17, 15) is 14.3 Å². The van der Waals surface area contributed by atoms with Gasteiger partial charge >= 0.3 is 5.97 Å². The number of aliphatic carboxylic acids is 1. The number of nitrogens with zero attached hydrogens (tertiary/aromatic N) is 1. The summed E-state index contributed by atoms with van der Waals surface area (Å²) in [5, 5.41) is 9.48. The molecule has 2 aromatic rings. The van der Waals surface area contributed by atoms with Crippen LogP contribution in [-0.2, 0) is 4.79 Å². The molecule has 1 aromatic carbocycles. The van der Waals surface area contributed by atoms with Crippen molar-refractivity contribution in [1.82, 2.24) is 4.98 Å². The third-order valence-corrected chi connectivity index (χ3v) is 6.28. The zero-order chi connectivity index (χ0) is 22.0. The van der Waals surface area contributed by atoms with Gasteiger partial charge in [0.25, 0.3) is 0 Å². The van der Waals surface area contributed by atoms with Gasteiger partial charge in [0.2, 0.25) is 5.88 Å². The quantitative estimate of drug-likeness (QED) is 0.591. The number of halogens is 1. The Bertz CT molecular complexity index is 926. The van der Waals surface area contributed by atoms with Crippen LogP contribution < -0.4 is 14.2 Å². The number of benzene rings is 1. The topological polar surface area (TPSA) is 77.9 Å². The van der Waals surface area contributed by atoms with Gasteiger partial charge in [-0.1, -0.05) is 19.1 Å². The molecule has 2 aliphatic carbocycles. The van der Waals surface area contributed by atoms with Gasteiger partial charge in [0, 0.05) is 6.07 Å². The molecule has 31 heavy (non-hydrogen) atoms. The number of rotatable bonds is 10. The van der Waals surface area contributed by atoms with Crippen molar-refractivity contribution in [2.75, 3.05) is 13.7 Å². The van der Waals surface area contributed by atoms with Crippen molar-refractivity contribution in [3.05, 3.63) is 47.9 Å². The van der Waals surface area contributed by atoms with Crippen LogP contribution in [-0.4, -0.2) is 35.9 Å². The highest BCUT2D eigenvalue weighted by Crippen LogP contribution is 2.47. The van der Waals surface area contributed by atoms with Crippen molar-refractivity contribution < 1.29 is 28.5 Å². The Morgan fingerprint density at radius 2 is 2.06 bits per heavy atom. The molecule has 2 atom stereocenters. The Balaban J connectivity index is 1.29. The van der Waals surface area contributed by atoms with Crippen molar-refractivity contribution in [1.29, 1.82) is 0 Å². The Morgan fingerprint density at radius 3 is 2.74 bits per heavy atom. The standard InChI is InChI=1S/C24H28FNO5/c1-14(24(27)28)23(16-6-7-16)17-4-3-5-18(10-17)30-13-15-8-19(9-15)31-21-11-22(29-2)26-12-20(21)25/h3-5,10-12,14-16,19,23H,6-9,13H2,1-2H3,(H,27,28)/t14-,15?,19?,23?/m0/s1. The summed E-state index contributed by atoms with van der Waals surface area (Å²) in [6, 6.07) is 9.28. The fraction of sp³-hybridized carbons (Fsp3) is 0.500. The van der Waals surface area contributed by atoms with E-state index in [4.69, 9.17) is 14.2 Å². The Kier molecular flexibility index (Phi) is 6.30. The van der Waals surface area contributed by atoms with E-state index in [1.54, 1.807) is 6.92 Å². The lowest BCUT2D eigenvalue weighted by Gasteiger charge is -2.35. The van der Waals surface area contributed by atoms with Gasteiger partial charge in [0.05, 0.1) is 31.9 Å². The smallest absolute Gasteiger partial charge is 0.306 e. The monoisotopic (exact) mass is 429 g/mol. The summed E-state index contributed by atoms with van der Waals surface area (Å²) >= 11 is 0. The van der Waals surface area contributed by atoms with Crippen LogP contribution in [0.25, 0.3) is 0 Å². The van der Waals surface area contributed by atoms with Gasteiger partial charge in [-0.15, -0.1) is 0 Å². The summed E-state index contributed by atoms with van der Waals surface area (Å²) in [4.78, 5) is 15.3. The fourth-order valence-electron chi connectivity index (χ4n) is 4.29. The first kappa shape index (κ1) is 21.4. The van der Waals surface area contributed by atoms with Crippen molar-refractivity contribution in [2.24, 2.45) is 17.8 Å². The third kappa shape index (κ3) is 5.09. The van der Waals surface area contributed by atoms with Crippen LogP contribution in [0, 0.1) is 23.6 Å². The molecule has 0 spiro atoms. The van der Waals surface area contributed by atoms with E-state index in [1.807, 2.05) is 24.3 Å². The zero-order valence-electron chi connectivity index (χ0n) is 17.8. The summed E-state index contributed by atoms with van der Waals surface area (Å²) in [5.74, 6) is 0.352. The minimum atomic E-state index is -0.757. The Labute approximate surface area is 181 Å². The van der Waals surface area contributed by atoms with Gasteiger partial charge in [-0.05, 0) is 61.1 Å². The number of hydrogen-bond acceptors (Lipinski definition) is 5. The second-order valence-electron chi connectivity index (χ2n) is 8.61. The van der Waals surface area contributed by atoms with E-state index in [0.29, 0.717) is 24.3 Å². The highest BCUT2D eigenvalue weighted by molar-refractivity contribution is 5.71. The van der Waals surface area contributed by atoms with Crippen LogP contribution in [0.4, 0.5) is 4.39 Å². The SMILES string of the molecule is COc1cc(OC2CC(COc3cccc(C(C4CC4)[C@H](C)C(=O)O)c3)C2)c(F)cn1. The number of methoxy groups -OCH3 is 1. The summed E-state index contributed by atoms with van der Waals surface area (Å²) < 4.78 is 30.6. The molecule has 166 valence electrons. The highest BCUT2D eigenvalue weighted by atomic mass is 19.1. The first-order chi connectivity index (χ1) is 14.9. The lowest BCUT2D eigenvalue weighted by atomic mass is 9.82. The predicted octanol–water partition coefficient (Wildman–Crippen LogP) is 4.68. The highest BCUT2D eigenvalue weighted by Gasteiger charge is 2.39. The van der Waals surface area contributed by atoms with Crippen LogP contribution in [0.5, 0.6) is 17.4 Å². The molecule has 0 bridgehead atoms. The summed E-state index contributed by atoms with van der Waals surface area (Å²) in [7, 11) is 1.48. The molecule has 0 amide bonds. The molecule has 1 unspecified atom stereocenters. The van der Waals surface area contributed by atoms with Crippen molar-refractivity contribution in [3.8, 4) is 17.4 Å². The largest absolute Gasteiger partial charge is 0.493 e. The van der Waals surface area contributed by atoms with E-state index in [1.165, 1.54) is 13.2 Å². The molecule has 4 rings (SSSR count). The Morgan fingerprint density at radius 1 is 1.29 bits per heavy atom. The minimum Gasteiger partial charge on any atom is -0.493 e. The molecular weight excluding hydrogens is 401 g/mol. The third-order valence-electron chi connectivity index (χ3n) is 6.28. The predicted molar refractivity (Wildman–Crippen MR) is 112 cm³/mol. The zero-order valence-corrected chi connectivity index (χ0v) is 17.8. The second kappa shape index (κ2) is 9.12. The van der Waals surface area contributed by atoms with Crippen LogP contribution in [0.1, 0.15) is 44.1 Å². The van der Waals surface area contributed by atoms with Gasteiger partial charge in [-0.2, -0.15) is 0 Å².